The fourth-order valence-corrected chi connectivity index (χ4v) is 2.25. The number of hydrogen-bond donors (Lipinski definition) is 0. The number of nitrogens with zero attached hydrogens (tertiary/aromatic N) is 2. The van der Waals surface area contributed by atoms with Gasteiger partial charge in [-0.05, 0) is 19.3 Å². The van der Waals surface area contributed by atoms with E-state index in [1.807, 2.05) is 0 Å². The van der Waals surface area contributed by atoms with E-state index in [9.17, 15) is 9.18 Å². The Morgan fingerprint density at radius 3 is 3.00 bits per heavy atom. The second-order valence-electron chi connectivity index (χ2n) is 4.32. The third kappa shape index (κ3) is 1.17. The Hall–Kier alpha value is -1.45. The summed E-state index contributed by atoms with van der Waals surface area (Å²) in [5.41, 5.74) is 1.15. The number of carbonyl (C=O) groups excluding carboxylic acids is 1. The van der Waals surface area contributed by atoms with Crippen LogP contribution in [0.1, 0.15) is 12.0 Å². The summed E-state index contributed by atoms with van der Waals surface area (Å²) in [4.78, 5) is 17.3. The summed E-state index contributed by atoms with van der Waals surface area (Å²) in [6.07, 6.45) is 3.76. The number of anilines is 1. The number of halogens is 1. The van der Waals surface area contributed by atoms with Gasteiger partial charge in [0.05, 0.1) is 18.1 Å². The molecule has 15 heavy (non-hydrogen) atoms. The Morgan fingerprint density at radius 2 is 2.33 bits per heavy atom. The van der Waals surface area contributed by atoms with Crippen LogP contribution in [-0.2, 0) is 4.79 Å². The van der Waals surface area contributed by atoms with E-state index >= 15 is 0 Å². The van der Waals surface area contributed by atoms with Gasteiger partial charge in [-0.1, -0.05) is 0 Å². The predicted molar refractivity (Wildman–Crippen MR) is 52.9 cm³/mol. The zero-order chi connectivity index (χ0) is 10.6. The molecule has 4 heteroatoms. The zero-order valence-corrected chi connectivity index (χ0v) is 8.40. The van der Waals surface area contributed by atoms with Crippen LogP contribution in [0.3, 0.4) is 0 Å². The monoisotopic (exact) mass is 206 g/mol. The summed E-state index contributed by atoms with van der Waals surface area (Å²) in [6.45, 7) is 2.42. The van der Waals surface area contributed by atoms with E-state index in [0.717, 1.165) is 13.0 Å². The lowest BCUT2D eigenvalue weighted by Crippen LogP contribution is -2.28. The molecule has 2 fully saturated rings. The van der Waals surface area contributed by atoms with Crippen LogP contribution in [0, 0.1) is 24.6 Å². The summed E-state index contributed by atoms with van der Waals surface area (Å²) in [6, 6.07) is 0. The quantitative estimate of drug-likeness (QED) is 0.697. The van der Waals surface area contributed by atoms with E-state index in [-0.39, 0.29) is 17.6 Å². The molecule has 2 atom stereocenters. The molecule has 1 saturated heterocycles. The van der Waals surface area contributed by atoms with Crippen LogP contribution in [0.15, 0.2) is 12.4 Å². The van der Waals surface area contributed by atoms with E-state index in [4.69, 9.17) is 0 Å². The topological polar surface area (TPSA) is 33.2 Å². The van der Waals surface area contributed by atoms with Crippen LogP contribution in [0.5, 0.6) is 0 Å². The highest BCUT2D eigenvalue weighted by atomic mass is 19.1. The molecule has 2 heterocycles. The van der Waals surface area contributed by atoms with Crippen LogP contribution in [-0.4, -0.2) is 17.4 Å². The molecule has 0 radical (unpaired) electrons. The maximum atomic E-state index is 13.3. The molecular formula is C11H11FN2O. The van der Waals surface area contributed by atoms with Crippen LogP contribution in [0.25, 0.3) is 0 Å². The number of carbonyl (C=O) groups is 1. The maximum absolute atomic E-state index is 13.3. The smallest absolute Gasteiger partial charge is 0.230 e. The van der Waals surface area contributed by atoms with Gasteiger partial charge in [-0.15, -0.1) is 0 Å². The van der Waals surface area contributed by atoms with Crippen molar-refractivity contribution in [3.63, 3.8) is 0 Å². The number of hydrogen-bond acceptors (Lipinski definition) is 2. The average molecular weight is 206 g/mol. The van der Waals surface area contributed by atoms with E-state index in [1.165, 1.54) is 6.20 Å². The molecule has 1 amide bonds. The van der Waals surface area contributed by atoms with Crippen LogP contribution < -0.4 is 4.90 Å². The van der Waals surface area contributed by atoms with Crippen molar-refractivity contribution in [3.8, 4) is 0 Å². The molecule has 78 valence electrons. The SMILES string of the molecule is Cc1c(F)cncc1N1C[C@H]2C[C@H]2C1=O. The molecule has 1 aromatic heterocycles. The van der Waals surface area contributed by atoms with E-state index < -0.39 is 0 Å². The highest BCUT2D eigenvalue weighted by molar-refractivity contribution is 6.00. The molecule has 3 nitrogen and oxygen atoms in total. The Kier molecular flexibility index (Phi) is 1.63. The van der Waals surface area contributed by atoms with Crippen molar-refractivity contribution in [2.24, 2.45) is 11.8 Å². The molecule has 0 bridgehead atoms. The van der Waals surface area contributed by atoms with Crippen molar-refractivity contribution < 1.29 is 9.18 Å². The molecular weight excluding hydrogens is 195 g/mol. The molecule has 3 rings (SSSR count). The summed E-state index contributed by atoms with van der Waals surface area (Å²) < 4.78 is 13.3. The fraction of sp³-hybridized carbons (Fsp3) is 0.455. The molecule has 1 aliphatic carbocycles. The summed E-state index contributed by atoms with van der Waals surface area (Å²) >= 11 is 0. The Balaban J connectivity index is 1.99. The first kappa shape index (κ1) is 8.83. The number of piperidine rings is 1. The van der Waals surface area contributed by atoms with Gasteiger partial charge in [0.25, 0.3) is 0 Å². The largest absolute Gasteiger partial charge is 0.310 e. The summed E-state index contributed by atoms with van der Waals surface area (Å²) in [7, 11) is 0. The Morgan fingerprint density at radius 1 is 1.53 bits per heavy atom. The first-order chi connectivity index (χ1) is 7.18. The van der Waals surface area contributed by atoms with E-state index in [2.05, 4.69) is 4.98 Å². The zero-order valence-electron chi connectivity index (χ0n) is 8.40. The average Bonchev–Trinajstić information content (AvgIpc) is 2.92. The summed E-state index contributed by atoms with van der Waals surface area (Å²) in [5, 5.41) is 0. The lowest BCUT2D eigenvalue weighted by molar-refractivity contribution is -0.118. The highest BCUT2D eigenvalue weighted by Crippen LogP contribution is 2.47. The first-order valence-corrected chi connectivity index (χ1v) is 5.10. The molecule has 1 saturated carbocycles. The lowest BCUT2D eigenvalue weighted by atomic mass is 10.2. The molecule has 0 spiro atoms. The van der Waals surface area contributed by atoms with Crippen molar-refractivity contribution in [2.45, 2.75) is 13.3 Å². The third-order valence-electron chi connectivity index (χ3n) is 3.34. The standard InChI is InChI=1S/C11H11FN2O/c1-6-9(12)3-13-4-10(6)14-5-7-2-8(7)11(14)15/h3-4,7-8H,2,5H2,1H3/t7-,8-/m1/s1. The van der Waals surface area contributed by atoms with E-state index in [1.54, 1.807) is 18.0 Å². The molecule has 2 aliphatic rings. The highest BCUT2D eigenvalue weighted by Gasteiger charge is 2.52. The second kappa shape index (κ2) is 2.78. The minimum atomic E-state index is -0.346. The third-order valence-corrected chi connectivity index (χ3v) is 3.34. The fourth-order valence-electron chi connectivity index (χ4n) is 2.25. The van der Waals surface area contributed by atoms with Crippen LogP contribution >= 0.6 is 0 Å². The van der Waals surface area contributed by atoms with Gasteiger partial charge in [-0.25, -0.2) is 4.39 Å². The first-order valence-electron chi connectivity index (χ1n) is 5.10. The number of aromatic nitrogens is 1. The minimum Gasteiger partial charge on any atom is -0.310 e. The van der Waals surface area contributed by atoms with Crippen molar-refractivity contribution in [2.75, 3.05) is 11.4 Å². The van der Waals surface area contributed by atoms with E-state index in [0.29, 0.717) is 17.2 Å². The van der Waals surface area contributed by atoms with Crippen molar-refractivity contribution in [3.05, 3.63) is 23.8 Å². The van der Waals surface area contributed by atoms with Crippen LogP contribution in [0.4, 0.5) is 10.1 Å². The van der Waals surface area contributed by atoms with Crippen molar-refractivity contribution >= 4 is 11.6 Å². The maximum Gasteiger partial charge on any atom is 0.230 e. The van der Waals surface area contributed by atoms with Crippen molar-refractivity contribution in [1.29, 1.82) is 0 Å². The van der Waals surface area contributed by atoms with Crippen LogP contribution in [0.2, 0.25) is 0 Å². The summed E-state index contributed by atoms with van der Waals surface area (Å²) in [5.74, 6) is 0.490. The van der Waals surface area contributed by atoms with Gasteiger partial charge in [0.15, 0.2) is 0 Å². The number of pyridine rings is 1. The second-order valence-corrected chi connectivity index (χ2v) is 4.32. The van der Waals surface area contributed by atoms with Gasteiger partial charge < -0.3 is 4.90 Å². The normalized spacial score (nSPS) is 28.1. The predicted octanol–water partition coefficient (Wildman–Crippen LogP) is 1.51. The Bertz CT molecular complexity index is 446. The van der Waals surface area contributed by atoms with Crippen molar-refractivity contribution in [1.82, 2.24) is 4.98 Å². The molecule has 0 aromatic carbocycles. The lowest BCUT2D eigenvalue weighted by Gasteiger charge is -2.19. The molecule has 1 aromatic rings. The number of fused-ring (bicyclic) bond motifs is 1. The molecule has 0 N–H and O–H groups in total. The van der Waals surface area contributed by atoms with Gasteiger partial charge in [0.2, 0.25) is 5.91 Å². The van der Waals surface area contributed by atoms with Gasteiger partial charge in [0, 0.05) is 18.0 Å². The molecule has 1 aliphatic heterocycles. The molecule has 0 unspecified atom stereocenters. The van der Waals surface area contributed by atoms with Gasteiger partial charge in [-0.3, -0.25) is 9.78 Å². The number of amides is 1. The number of rotatable bonds is 1. The van der Waals surface area contributed by atoms with Gasteiger partial charge in [0.1, 0.15) is 5.82 Å². The van der Waals surface area contributed by atoms with Gasteiger partial charge >= 0.3 is 0 Å². The Labute approximate surface area is 86.9 Å². The van der Waals surface area contributed by atoms with Gasteiger partial charge in [-0.2, -0.15) is 0 Å². The minimum absolute atomic E-state index is 0.135.